The maximum absolute atomic E-state index is 7.28. The zero-order valence-corrected chi connectivity index (χ0v) is 9.12. The summed E-state index contributed by atoms with van der Waals surface area (Å²) < 4.78 is 27.2. The topological polar surface area (TPSA) is 47.6 Å². The molecule has 0 saturated heterocycles. The Labute approximate surface area is 100.0 Å². The quantitative estimate of drug-likeness (QED) is 0.803. The minimum absolute atomic E-state index is 0. The smallest absolute Gasteiger partial charge is 0.283 e. The minimum Gasteiger partial charge on any atom is -0.455 e. The first kappa shape index (κ1) is 7.99. The summed E-state index contributed by atoms with van der Waals surface area (Å²) in [5, 5.41) is 0. The molecule has 4 heteroatoms. The third-order valence-electron chi connectivity index (χ3n) is 2.26. The second-order valence-electron chi connectivity index (χ2n) is 3.37. The lowest BCUT2D eigenvalue weighted by atomic mass is 10.0. The van der Waals surface area contributed by atoms with Crippen molar-refractivity contribution in [2.24, 2.45) is 10.7 Å². The van der Waals surface area contributed by atoms with Gasteiger partial charge in [0.2, 0.25) is 0 Å². The summed E-state index contributed by atoms with van der Waals surface area (Å²) in [7, 11) is 0. The lowest BCUT2D eigenvalue weighted by molar-refractivity contribution is 0.199. The van der Waals surface area contributed by atoms with Gasteiger partial charge in [-0.05, 0) is 19.3 Å². The Morgan fingerprint density at radius 2 is 2.07 bits per heavy atom. The molecule has 0 fully saturated rings. The average Bonchev–Trinajstić information content (AvgIpc) is 2.57. The number of nitrogens with zero attached hydrogens (tertiary/aromatic N) is 1. The Bertz CT molecular complexity index is 445. The highest BCUT2D eigenvalue weighted by atomic mass is 35.5. The van der Waals surface area contributed by atoms with Gasteiger partial charge in [-0.2, -0.15) is 0 Å². The number of rotatable bonds is 1. The van der Waals surface area contributed by atoms with Gasteiger partial charge in [0.05, 0.1) is 6.04 Å². The number of halogens is 1. The van der Waals surface area contributed by atoms with Crippen molar-refractivity contribution >= 4 is 18.4 Å². The SMILES string of the molecule is Cl.[2H]C([2H])([2H])c1ccc([C@H]2OC(N)=N[C@H]2C)cc1. The van der Waals surface area contributed by atoms with E-state index in [1.54, 1.807) is 24.3 Å². The highest BCUT2D eigenvalue weighted by Gasteiger charge is 2.27. The number of hydrogen-bond acceptors (Lipinski definition) is 3. The predicted molar refractivity (Wildman–Crippen MR) is 63.3 cm³/mol. The molecule has 1 aromatic carbocycles. The van der Waals surface area contributed by atoms with Gasteiger partial charge < -0.3 is 10.5 Å². The van der Waals surface area contributed by atoms with Crippen LogP contribution in [0.25, 0.3) is 0 Å². The van der Waals surface area contributed by atoms with Gasteiger partial charge in [0, 0.05) is 4.11 Å². The highest BCUT2D eigenvalue weighted by molar-refractivity contribution is 5.85. The summed E-state index contributed by atoms with van der Waals surface area (Å²) in [6, 6.07) is 6.81. The molecule has 0 amide bonds. The van der Waals surface area contributed by atoms with Gasteiger partial charge >= 0.3 is 0 Å². The van der Waals surface area contributed by atoms with Gasteiger partial charge in [-0.25, -0.2) is 4.99 Å². The first-order valence-corrected chi connectivity index (χ1v) is 4.48. The second-order valence-corrected chi connectivity index (χ2v) is 3.37. The molecule has 0 unspecified atom stereocenters. The molecule has 2 atom stereocenters. The number of hydrogen-bond donors (Lipinski definition) is 1. The van der Waals surface area contributed by atoms with Gasteiger partial charge in [-0.1, -0.05) is 29.8 Å². The molecule has 0 spiro atoms. The van der Waals surface area contributed by atoms with E-state index in [0.717, 1.165) is 5.56 Å². The largest absolute Gasteiger partial charge is 0.455 e. The Morgan fingerprint density at radius 3 is 2.53 bits per heavy atom. The average molecular weight is 230 g/mol. The zero-order chi connectivity index (χ0) is 12.6. The lowest BCUT2D eigenvalue weighted by Crippen LogP contribution is -2.14. The van der Waals surface area contributed by atoms with Gasteiger partial charge in [-0.15, -0.1) is 12.4 Å². The monoisotopic (exact) mass is 229 g/mol. The van der Waals surface area contributed by atoms with Gasteiger partial charge in [0.15, 0.2) is 0 Å². The number of ether oxygens (including phenoxy) is 1. The van der Waals surface area contributed by atoms with Crippen LogP contribution < -0.4 is 5.73 Å². The summed E-state index contributed by atoms with van der Waals surface area (Å²) in [4.78, 5) is 4.08. The van der Waals surface area contributed by atoms with Gasteiger partial charge in [0.25, 0.3) is 6.02 Å². The maximum Gasteiger partial charge on any atom is 0.283 e. The van der Waals surface area contributed by atoms with E-state index in [1.807, 2.05) is 6.92 Å². The fraction of sp³-hybridized carbons (Fsp3) is 0.364. The van der Waals surface area contributed by atoms with Crippen LogP contribution >= 0.6 is 12.4 Å². The van der Waals surface area contributed by atoms with Crippen molar-refractivity contribution in [1.82, 2.24) is 0 Å². The van der Waals surface area contributed by atoms with Crippen molar-refractivity contribution in [3.05, 3.63) is 35.4 Å². The highest BCUT2D eigenvalue weighted by Crippen LogP contribution is 2.27. The molecular formula is C11H15ClN2O. The Hall–Kier alpha value is -1.22. The number of nitrogens with two attached hydrogens (primary N) is 1. The fourth-order valence-electron chi connectivity index (χ4n) is 1.55. The van der Waals surface area contributed by atoms with E-state index in [-0.39, 0.29) is 30.6 Å². The summed E-state index contributed by atoms with van der Waals surface area (Å²) in [6.07, 6.45) is -0.222. The van der Waals surface area contributed by atoms with Crippen molar-refractivity contribution in [2.45, 2.75) is 25.9 Å². The summed E-state index contributed by atoms with van der Waals surface area (Å²) in [5.41, 5.74) is 6.69. The molecule has 2 N–H and O–H groups in total. The molecule has 0 radical (unpaired) electrons. The molecule has 0 aromatic heterocycles. The normalized spacial score (nSPS) is 27.8. The number of aliphatic imine (C=N–C) groups is 1. The van der Waals surface area contributed by atoms with Crippen LogP contribution in [0.3, 0.4) is 0 Å². The van der Waals surface area contributed by atoms with Crippen LogP contribution in [0.15, 0.2) is 29.3 Å². The Kier molecular flexibility index (Phi) is 2.42. The standard InChI is InChI=1S/C11H14N2O.ClH/c1-7-3-5-9(6-4-7)10-8(2)13-11(12)14-10;/h3-6,8,10H,1-2H3,(H2,12,13);1H/t8-,10-;/m0./s1/i1D3;. The lowest BCUT2D eigenvalue weighted by Gasteiger charge is -2.14. The van der Waals surface area contributed by atoms with E-state index in [9.17, 15) is 0 Å². The van der Waals surface area contributed by atoms with Crippen LogP contribution in [0.5, 0.6) is 0 Å². The molecule has 15 heavy (non-hydrogen) atoms. The van der Waals surface area contributed by atoms with Crippen molar-refractivity contribution in [2.75, 3.05) is 0 Å². The molecule has 1 aliphatic heterocycles. The molecule has 0 bridgehead atoms. The number of amidine groups is 1. The van der Waals surface area contributed by atoms with Crippen molar-refractivity contribution in [1.29, 1.82) is 0 Å². The molecule has 2 rings (SSSR count). The summed E-state index contributed by atoms with van der Waals surface area (Å²) in [6.45, 7) is -0.168. The first-order chi connectivity index (χ1) is 7.88. The van der Waals surface area contributed by atoms with Crippen LogP contribution in [-0.4, -0.2) is 12.1 Å². The molecule has 0 aliphatic carbocycles. The van der Waals surface area contributed by atoms with Crippen LogP contribution in [0.2, 0.25) is 0 Å². The van der Waals surface area contributed by atoms with E-state index in [2.05, 4.69) is 4.99 Å². The molecular weight excluding hydrogens is 212 g/mol. The van der Waals surface area contributed by atoms with Crippen LogP contribution in [0.1, 0.15) is 28.3 Å². The van der Waals surface area contributed by atoms with Gasteiger partial charge in [-0.3, -0.25) is 0 Å². The predicted octanol–water partition coefficient (Wildman–Crippen LogP) is 2.19. The van der Waals surface area contributed by atoms with E-state index in [1.165, 1.54) is 0 Å². The van der Waals surface area contributed by atoms with Crippen LogP contribution in [0.4, 0.5) is 0 Å². The minimum atomic E-state index is -2.07. The van der Waals surface area contributed by atoms with E-state index < -0.39 is 6.85 Å². The van der Waals surface area contributed by atoms with E-state index >= 15 is 0 Å². The summed E-state index contributed by atoms with van der Waals surface area (Å²) in [5.74, 6) is 0. The van der Waals surface area contributed by atoms with Crippen LogP contribution in [-0.2, 0) is 4.74 Å². The maximum atomic E-state index is 7.28. The van der Waals surface area contributed by atoms with Crippen molar-refractivity contribution in [3.8, 4) is 0 Å². The Balaban J connectivity index is 0.00000162. The molecule has 3 nitrogen and oxygen atoms in total. The van der Waals surface area contributed by atoms with Crippen LogP contribution in [0, 0.1) is 6.85 Å². The zero-order valence-electron chi connectivity index (χ0n) is 11.3. The van der Waals surface area contributed by atoms with E-state index in [0.29, 0.717) is 5.56 Å². The molecule has 1 heterocycles. The fourth-order valence-corrected chi connectivity index (χ4v) is 1.55. The second kappa shape index (κ2) is 4.53. The van der Waals surface area contributed by atoms with Crippen molar-refractivity contribution in [3.63, 3.8) is 0 Å². The third kappa shape index (κ3) is 2.42. The number of benzene rings is 1. The molecule has 1 aliphatic rings. The third-order valence-corrected chi connectivity index (χ3v) is 2.26. The number of aryl methyl sites for hydroxylation is 1. The van der Waals surface area contributed by atoms with Crippen molar-refractivity contribution < 1.29 is 8.85 Å². The Morgan fingerprint density at radius 1 is 1.40 bits per heavy atom. The van der Waals surface area contributed by atoms with E-state index in [4.69, 9.17) is 14.6 Å². The van der Waals surface area contributed by atoms with Gasteiger partial charge in [0.1, 0.15) is 6.10 Å². The molecule has 1 aromatic rings. The summed E-state index contributed by atoms with van der Waals surface area (Å²) >= 11 is 0. The molecule has 0 saturated carbocycles. The first-order valence-electron chi connectivity index (χ1n) is 5.98. The molecule has 82 valence electrons.